The van der Waals surface area contributed by atoms with Gasteiger partial charge in [0.05, 0.1) is 21.3 Å². The number of amidine groups is 1. The van der Waals surface area contributed by atoms with Crippen LogP contribution in [0.5, 0.6) is 0 Å². The minimum Gasteiger partial charge on any atom is -0.457 e. The van der Waals surface area contributed by atoms with Gasteiger partial charge in [-0.15, -0.1) is 0 Å². The average Bonchev–Trinajstić information content (AvgIpc) is 3.42. The Balaban J connectivity index is 1.60. The summed E-state index contributed by atoms with van der Waals surface area (Å²) < 4.78 is 6.06. The fourth-order valence-corrected chi connectivity index (χ4v) is 5.53. The monoisotopic (exact) mass is 512 g/mol. The van der Waals surface area contributed by atoms with E-state index in [1.807, 2.05) is 100 Å². The normalized spacial score (nSPS) is 15.9. The molecule has 2 heterocycles. The number of aryl methyl sites for hydroxylation is 4. The van der Waals surface area contributed by atoms with Crippen LogP contribution in [-0.2, 0) is 4.79 Å². The number of anilines is 1. The maximum absolute atomic E-state index is 13.8. The molecule has 1 aromatic heterocycles. The fourth-order valence-electron chi connectivity index (χ4n) is 4.35. The highest BCUT2D eigenvalue weighted by Gasteiger charge is 2.36. The number of benzene rings is 3. The zero-order chi connectivity index (χ0) is 25.4. The average molecular weight is 513 g/mol. The van der Waals surface area contributed by atoms with Crippen molar-refractivity contribution in [1.82, 2.24) is 0 Å². The van der Waals surface area contributed by atoms with Gasteiger partial charge in [0.25, 0.3) is 5.91 Å². The van der Waals surface area contributed by atoms with Crippen LogP contribution in [0.15, 0.2) is 87.1 Å². The summed E-state index contributed by atoms with van der Waals surface area (Å²) in [6, 6.07) is 23.4. The van der Waals surface area contributed by atoms with Crippen LogP contribution in [0.1, 0.15) is 28.0 Å². The second kappa shape index (κ2) is 9.84. The minimum absolute atomic E-state index is 0.127. The first kappa shape index (κ1) is 24.2. The van der Waals surface area contributed by atoms with E-state index in [0.717, 1.165) is 39.2 Å². The van der Waals surface area contributed by atoms with E-state index < -0.39 is 0 Å². The molecule has 0 N–H and O–H groups in total. The first-order chi connectivity index (χ1) is 17.3. The van der Waals surface area contributed by atoms with Crippen molar-refractivity contribution >= 4 is 51.9 Å². The van der Waals surface area contributed by atoms with Crippen LogP contribution in [0.4, 0.5) is 11.4 Å². The Bertz CT molecular complexity index is 1510. The van der Waals surface area contributed by atoms with E-state index >= 15 is 0 Å². The van der Waals surface area contributed by atoms with Gasteiger partial charge in [-0.05, 0) is 86.0 Å². The maximum Gasteiger partial charge on any atom is 0.271 e. The van der Waals surface area contributed by atoms with Crippen LogP contribution < -0.4 is 4.90 Å². The van der Waals surface area contributed by atoms with Gasteiger partial charge < -0.3 is 4.42 Å². The molecule has 36 heavy (non-hydrogen) atoms. The van der Waals surface area contributed by atoms with Crippen molar-refractivity contribution in [2.75, 3.05) is 4.90 Å². The molecule has 0 atom stereocenters. The molecule has 0 aliphatic carbocycles. The van der Waals surface area contributed by atoms with Crippen LogP contribution >= 0.6 is 23.4 Å². The summed E-state index contributed by atoms with van der Waals surface area (Å²) in [4.78, 5) is 21.1. The number of furan rings is 1. The SMILES string of the molecule is Cc1cccc(C)c1N=C1S/C(=C\c2ccc(-c3ccccc3Cl)o2)C(=O)N1c1c(C)cccc1C. The minimum atomic E-state index is -0.127. The molecule has 1 saturated heterocycles. The van der Waals surface area contributed by atoms with Gasteiger partial charge in [-0.1, -0.05) is 60.1 Å². The lowest BCUT2D eigenvalue weighted by molar-refractivity contribution is -0.113. The molecule has 3 aromatic carbocycles. The Kier molecular flexibility index (Phi) is 6.61. The summed E-state index contributed by atoms with van der Waals surface area (Å²) in [5.41, 5.74) is 6.69. The zero-order valence-corrected chi connectivity index (χ0v) is 22.1. The maximum atomic E-state index is 13.8. The first-order valence-electron chi connectivity index (χ1n) is 11.6. The topological polar surface area (TPSA) is 45.8 Å². The van der Waals surface area contributed by atoms with Gasteiger partial charge in [0.1, 0.15) is 11.5 Å². The molecule has 1 aliphatic heterocycles. The quantitative estimate of drug-likeness (QED) is 0.257. The Morgan fingerprint density at radius 1 is 0.833 bits per heavy atom. The van der Waals surface area contributed by atoms with Gasteiger partial charge in [0.2, 0.25) is 0 Å². The van der Waals surface area contributed by atoms with E-state index in [9.17, 15) is 4.79 Å². The molecule has 6 heteroatoms. The molecule has 0 spiro atoms. The molecular weight excluding hydrogens is 488 g/mol. The Morgan fingerprint density at radius 3 is 2.14 bits per heavy atom. The highest BCUT2D eigenvalue weighted by Crippen LogP contribution is 2.41. The van der Waals surface area contributed by atoms with Crippen molar-refractivity contribution in [3.63, 3.8) is 0 Å². The predicted molar refractivity (Wildman–Crippen MR) is 151 cm³/mol. The number of para-hydroxylation sites is 2. The molecule has 4 aromatic rings. The molecule has 180 valence electrons. The van der Waals surface area contributed by atoms with Crippen molar-refractivity contribution in [3.8, 4) is 11.3 Å². The highest BCUT2D eigenvalue weighted by molar-refractivity contribution is 8.19. The van der Waals surface area contributed by atoms with Gasteiger partial charge in [0.15, 0.2) is 5.17 Å². The van der Waals surface area contributed by atoms with Crippen molar-refractivity contribution < 1.29 is 9.21 Å². The lowest BCUT2D eigenvalue weighted by atomic mass is 10.1. The Hall–Kier alpha value is -3.54. The third kappa shape index (κ3) is 4.52. The second-order valence-electron chi connectivity index (χ2n) is 8.81. The number of hydrogen-bond donors (Lipinski definition) is 0. The first-order valence-corrected chi connectivity index (χ1v) is 12.8. The number of halogens is 1. The van der Waals surface area contributed by atoms with E-state index in [1.54, 1.807) is 11.0 Å². The van der Waals surface area contributed by atoms with Gasteiger partial charge in [-0.3, -0.25) is 9.69 Å². The third-order valence-corrected chi connectivity index (χ3v) is 7.45. The smallest absolute Gasteiger partial charge is 0.271 e. The van der Waals surface area contributed by atoms with Gasteiger partial charge in [-0.25, -0.2) is 4.99 Å². The van der Waals surface area contributed by atoms with Crippen LogP contribution in [0.3, 0.4) is 0 Å². The summed E-state index contributed by atoms with van der Waals surface area (Å²) in [6.07, 6.45) is 1.78. The highest BCUT2D eigenvalue weighted by atomic mass is 35.5. The van der Waals surface area contributed by atoms with Crippen LogP contribution in [0.2, 0.25) is 5.02 Å². The lowest BCUT2D eigenvalue weighted by Gasteiger charge is -2.21. The largest absolute Gasteiger partial charge is 0.457 e. The van der Waals surface area contributed by atoms with Gasteiger partial charge >= 0.3 is 0 Å². The van der Waals surface area contributed by atoms with Crippen LogP contribution in [0.25, 0.3) is 17.4 Å². The molecule has 1 amide bonds. The molecule has 0 unspecified atom stereocenters. The molecule has 5 rings (SSSR count). The number of hydrogen-bond acceptors (Lipinski definition) is 4. The van der Waals surface area contributed by atoms with E-state index in [4.69, 9.17) is 21.0 Å². The summed E-state index contributed by atoms with van der Waals surface area (Å²) in [7, 11) is 0. The number of rotatable bonds is 4. The summed E-state index contributed by atoms with van der Waals surface area (Å²) in [6.45, 7) is 8.10. The number of aliphatic imine (C=N–C) groups is 1. The van der Waals surface area contributed by atoms with E-state index in [1.165, 1.54) is 11.8 Å². The Morgan fingerprint density at radius 2 is 1.47 bits per heavy atom. The van der Waals surface area contributed by atoms with Crippen molar-refractivity contribution in [1.29, 1.82) is 0 Å². The predicted octanol–water partition coefficient (Wildman–Crippen LogP) is 8.64. The van der Waals surface area contributed by atoms with E-state index in [0.29, 0.717) is 26.6 Å². The number of nitrogens with zero attached hydrogens (tertiary/aromatic N) is 2. The summed E-state index contributed by atoms with van der Waals surface area (Å²) >= 11 is 7.70. The summed E-state index contributed by atoms with van der Waals surface area (Å²) in [5, 5.41) is 1.24. The second-order valence-corrected chi connectivity index (χ2v) is 10.2. The van der Waals surface area contributed by atoms with Crippen LogP contribution in [-0.4, -0.2) is 11.1 Å². The molecule has 4 nitrogen and oxygen atoms in total. The number of thioether (sulfide) groups is 1. The lowest BCUT2D eigenvalue weighted by Crippen LogP contribution is -2.30. The van der Waals surface area contributed by atoms with Crippen molar-refractivity contribution in [2.24, 2.45) is 4.99 Å². The Labute approximate surface area is 220 Å². The molecular formula is C30H25ClN2O2S. The third-order valence-electron chi connectivity index (χ3n) is 6.16. The number of carbonyl (C=O) groups is 1. The van der Waals surface area contributed by atoms with E-state index in [-0.39, 0.29) is 5.91 Å². The summed E-state index contributed by atoms with van der Waals surface area (Å²) in [5.74, 6) is 1.10. The van der Waals surface area contributed by atoms with Crippen molar-refractivity contribution in [3.05, 3.63) is 111 Å². The fraction of sp³-hybridized carbons (Fsp3) is 0.133. The van der Waals surface area contributed by atoms with Crippen LogP contribution in [0, 0.1) is 27.7 Å². The van der Waals surface area contributed by atoms with Crippen molar-refractivity contribution in [2.45, 2.75) is 27.7 Å². The number of amides is 1. The standard InChI is InChI=1S/C30H25ClN2O2S/c1-18-9-7-10-19(2)27(18)32-30-33(28-20(3)11-8-12-21(28)4)29(34)26(36-30)17-22-15-16-25(35-22)23-13-5-6-14-24(23)31/h5-17H,1-4H3/b26-17-,32-30?. The molecule has 0 bridgehead atoms. The molecule has 0 radical (unpaired) electrons. The molecule has 1 fully saturated rings. The number of carbonyl (C=O) groups excluding carboxylic acids is 1. The zero-order valence-electron chi connectivity index (χ0n) is 20.5. The van der Waals surface area contributed by atoms with Gasteiger partial charge in [0, 0.05) is 11.6 Å². The van der Waals surface area contributed by atoms with Gasteiger partial charge in [-0.2, -0.15) is 0 Å². The van der Waals surface area contributed by atoms with E-state index in [2.05, 4.69) is 0 Å². The molecule has 0 saturated carbocycles. The molecule has 1 aliphatic rings.